The highest BCUT2D eigenvalue weighted by atomic mass is 19.4. The molecule has 0 N–H and O–H groups in total. The lowest BCUT2D eigenvalue weighted by atomic mass is 10.2. The number of hydrogen-bond donors (Lipinski definition) is 0. The zero-order valence-electron chi connectivity index (χ0n) is 16.3. The molecule has 0 saturated heterocycles. The molecule has 0 fully saturated rings. The fourth-order valence-electron chi connectivity index (χ4n) is 3.31. The Hall–Kier alpha value is -3.68. The van der Waals surface area contributed by atoms with E-state index in [4.69, 9.17) is 9.15 Å². The Labute approximate surface area is 175 Å². The second-order valence-electron chi connectivity index (χ2n) is 6.87. The molecule has 0 spiro atoms. The Balaban J connectivity index is 1.63. The van der Waals surface area contributed by atoms with Crippen molar-refractivity contribution >= 4 is 5.57 Å². The quantitative estimate of drug-likeness (QED) is 0.444. The average molecular weight is 430 g/mol. The van der Waals surface area contributed by atoms with Gasteiger partial charge in [-0.3, -0.25) is 0 Å². The van der Waals surface area contributed by atoms with Gasteiger partial charge in [-0.15, -0.1) is 20.4 Å². The monoisotopic (exact) mass is 430 g/mol. The molecular weight excluding hydrogens is 413 g/mol. The molecule has 0 radical (unpaired) electrons. The Kier molecular flexibility index (Phi) is 5.70. The van der Waals surface area contributed by atoms with E-state index in [0.29, 0.717) is 24.4 Å². The van der Waals surface area contributed by atoms with Gasteiger partial charge in [-0.1, -0.05) is 24.6 Å². The van der Waals surface area contributed by atoms with Gasteiger partial charge in [0.25, 0.3) is 5.89 Å². The molecule has 0 unspecified atom stereocenters. The highest BCUT2D eigenvalue weighted by molar-refractivity contribution is 5.75. The molecule has 31 heavy (non-hydrogen) atoms. The maximum Gasteiger partial charge on any atom is 0.450 e. The van der Waals surface area contributed by atoms with E-state index in [1.54, 1.807) is 41.0 Å². The van der Waals surface area contributed by atoms with Gasteiger partial charge in [0.05, 0.1) is 0 Å². The van der Waals surface area contributed by atoms with Crippen molar-refractivity contribution in [1.82, 2.24) is 25.0 Å². The third kappa shape index (κ3) is 4.42. The zero-order valence-corrected chi connectivity index (χ0v) is 16.3. The van der Waals surface area contributed by atoms with E-state index < -0.39 is 24.1 Å². The van der Waals surface area contributed by atoms with Gasteiger partial charge in [0, 0.05) is 18.5 Å². The number of rotatable bonds is 5. The van der Waals surface area contributed by atoms with Crippen LogP contribution >= 0.6 is 0 Å². The van der Waals surface area contributed by atoms with Crippen LogP contribution in [0.2, 0.25) is 0 Å². The van der Waals surface area contributed by atoms with Crippen molar-refractivity contribution in [2.24, 2.45) is 0 Å². The van der Waals surface area contributed by atoms with Crippen LogP contribution in [-0.4, -0.2) is 31.1 Å². The summed E-state index contributed by atoms with van der Waals surface area (Å²) in [5, 5.41) is 24.9. The topological polar surface area (TPSA) is 103 Å². The van der Waals surface area contributed by atoms with Crippen molar-refractivity contribution in [3.8, 4) is 17.5 Å². The van der Waals surface area contributed by atoms with Crippen molar-refractivity contribution in [3.05, 3.63) is 53.6 Å². The minimum absolute atomic E-state index is 0.151. The van der Waals surface area contributed by atoms with Crippen LogP contribution < -0.4 is 0 Å². The van der Waals surface area contributed by atoms with Gasteiger partial charge in [-0.05, 0) is 25.0 Å². The Morgan fingerprint density at radius 3 is 2.65 bits per heavy atom. The lowest BCUT2D eigenvalue weighted by molar-refractivity contribution is -0.132. The number of aryl methyl sites for hydroxylation is 1. The summed E-state index contributed by atoms with van der Waals surface area (Å²) in [5.74, 6) is -1.06. The fraction of sp³-hybridized carbons (Fsp3) is 0.350. The number of hydrogen-bond acceptors (Lipinski definition) is 7. The summed E-state index contributed by atoms with van der Waals surface area (Å²) in [7, 11) is 0. The number of halogens is 3. The summed E-state index contributed by atoms with van der Waals surface area (Å²) >= 11 is 0. The molecule has 0 atom stereocenters. The first-order chi connectivity index (χ1) is 15.0. The smallest absolute Gasteiger partial charge is 0.450 e. The third-order valence-corrected chi connectivity index (χ3v) is 4.76. The first kappa shape index (κ1) is 20.6. The number of aromatic nitrogens is 5. The highest BCUT2D eigenvalue weighted by Gasteiger charge is 2.41. The van der Waals surface area contributed by atoms with Crippen LogP contribution in [0, 0.1) is 11.3 Å². The first-order valence-corrected chi connectivity index (χ1v) is 9.62. The normalized spacial score (nSPS) is 14.9. The van der Waals surface area contributed by atoms with E-state index in [-0.39, 0.29) is 17.6 Å². The van der Waals surface area contributed by atoms with E-state index in [1.165, 1.54) is 0 Å². The molecule has 1 aliphatic rings. The second kappa shape index (κ2) is 8.59. The Bertz CT molecular complexity index is 1130. The van der Waals surface area contributed by atoms with E-state index in [2.05, 4.69) is 20.4 Å². The molecule has 0 aliphatic carbocycles. The van der Waals surface area contributed by atoms with E-state index in [0.717, 1.165) is 19.3 Å². The maximum atomic E-state index is 13.8. The average Bonchev–Trinajstić information content (AvgIpc) is 3.32. The minimum Gasteiger partial charge on any atom is -0.478 e. The predicted molar refractivity (Wildman–Crippen MR) is 101 cm³/mol. The number of nitrogens with zero attached hydrogens (tertiary/aromatic N) is 6. The molecule has 160 valence electrons. The van der Waals surface area contributed by atoms with Crippen LogP contribution in [0.1, 0.15) is 36.8 Å². The molecule has 11 heteroatoms. The van der Waals surface area contributed by atoms with Gasteiger partial charge in [0.1, 0.15) is 17.5 Å². The molecule has 2 aromatic heterocycles. The van der Waals surface area contributed by atoms with E-state index in [1.807, 2.05) is 0 Å². The molecule has 1 aliphatic heterocycles. The Morgan fingerprint density at radius 2 is 1.90 bits per heavy atom. The second-order valence-corrected chi connectivity index (χ2v) is 6.87. The summed E-state index contributed by atoms with van der Waals surface area (Å²) in [5.41, 5.74) is -0.104. The molecule has 4 rings (SSSR count). The van der Waals surface area contributed by atoms with Gasteiger partial charge in [-0.25, -0.2) is 0 Å². The van der Waals surface area contributed by atoms with Gasteiger partial charge in [0.15, 0.2) is 12.4 Å². The summed E-state index contributed by atoms with van der Waals surface area (Å²) in [6.07, 6.45) is -1.77. The summed E-state index contributed by atoms with van der Waals surface area (Å²) in [6, 6.07) is 10.4. The van der Waals surface area contributed by atoms with Crippen molar-refractivity contribution < 1.29 is 22.3 Å². The standard InChI is InChI=1S/C20H17F3N6O2/c21-20(22,23)17(14(11-24)18-27-25-15-9-5-2-6-10-29(15)18)30-12-16-26-28-19(31-16)13-7-3-1-4-8-13/h1,3-4,7-8H,2,5-6,9-10,12H2. The van der Waals surface area contributed by atoms with Gasteiger partial charge < -0.3 is 13.7 Å². The van der Waals surface area contributed by atoms with Gasteiger partial charge in [0.2, 0.25) is 11.6 Å². The van der Waals surface area contributed by atoms with E-state index in [9.17, 15) is 18.4 Å². The minimum atomic E-state index is -4.93. The van der Waals surface area contributed by atoms with Crippen LogP contribution in [0.25, 0.3) is 17.0 Å². The van der Waals surface area contributed by atoms with Crippen molar-refractivity contribution in [2.45, 2.75) is 45.0 Å². The number of alkyl halides is 3. The van der Waals surface area contributed by atoms with Crippen molar-refractivity contribution in [1.29, 1.82) is 5.26 Å². The van der Waals surface area contributed by atoms with Crippen LogP contribution in [0.3, 0.4) is 0 Å². The summed E-state index contributed by atoms with van der Waals surface area (Å²) in [6.45, 7) is -0.209. The lowest BCUT2D eigenvalue weighted by Gasteiger charge is -2.15. The van der Waals surface area contributed by atoms with Crippen molar-refractivity contribution in [2.75, 3.05) is 0 Å². The van der Waals surface area contributed by atoms with Crippen LogP contribution in [-0.2, 0) is 24.3 Å². The van der Waals surface area contributed by atoms with Crippen LogP contribution in [0.4, 0.5) is 13.2 Å². The summed E-state index contributed by atoms with van der Waals surface area (Å²) in [4.78, 5) is 0. The van der Waals surface area contributed by atoms with Crippen molar-refractivity contribution in [3.63, 3.8) is 0 Å². The number of benzene rings is 1. The van der Waals surface area contributed by atoms with Gasteiger partial charge in [-0.2, -0.15) is 18.4 Å². The number of fused-ring (bicyclic) bond motifs is 1. The predicted octanol–water partition coefficient (Wildman–Crippen LogP) is 4.07. The zero-order chi connectivity index (χ0) is 21.8. The number of allylic oxidation sites excluding steroid dienone is 2. The molecule has 3 aromatic rings. The van der Waals surface area contributed by atoms with E-state index >= 15 is 0 Å². The first-order valence-electron chi connectivity index (χ1n) is 9.62. The molecule has 0 saturated carbocycles. The molecule has 1 aromatic carbocycles. The number of nitriles is 1. The highest BCUT2D eigenvalue weighted by Crippen LogP contribution is 2.34. The number of ether oxygens (including phenoxy) is 1. The molecule has 0 amide bonds. The Morgan fingerprint density at radius 1 is 1.10 bits per heavy atom. The molecular formula is C20H17F3N6O2. The van der Waals surface area contributed by atoms with Crippen LogP contribution in [0.5, 0.6) is 0 Å². The van der Waals surface area contributed by atoms with Gasteiger partial charge >= 0.3 is 6.18 Å². The molecule has 0 bridgehead atoms. The summed E-state index contributed by atoms with van der Waals surface area (Å²) < 4.78 is 53.3. The third-order valence-electron chi connectivity index (χ3n) is 4.76. The largest absolute Gasteiger partial charge is 0.478 e. The fourth-order valence-corrected chi connectivity index (χ4v) is 3.31. The van der Waals surface area contributed by atoms with Crippen LogP contribution in [0.15, 0.2) is 40.5 Å². The lowest BCUT2D eigenvalue weighted by Crippen LogP contribution is -2.18. The molecule has 3 heterocycles. The SMILES string of the molecule is N#CC(=C(OCc1nnc(-c2ccccc2)o1)C(F)(F)F)c1nnc2n1CCCCC2. The molecule has 8 nitrogen and oxygen atoms in total. The maximum absolute atomic E-state index is 13.8.